The van der Waals surface area contributed by atoms with Crippen LogP contribution in [0.1, 0.15) is 73.6 Å². The van der Waals surface area contributed by atoms with Gasteiger partial charge in [-0.1, -0.05) is 32.9 Å². The highest BCUT2D eigenvalue weighted by molar-refractivity contribution is 5.67. The second kappa shape index (κ2) is 7.57. The number of ether oxygens (including phenoxy) is 2. The van der Waals surface area contributed by atoms with E-state index in [-0.39, 0.29) is 46.8 Å². The molecule has 5 heteroatoms. The smallest absolute Gasteiger partial charge is 0.303 e. The molecule has 0 aromatic rings. The molecule has 0 radical (unpaired) electrons. The summed E-state index contributed by atoms with van der Waals surface area (Å²) in [6, 6.07) is 0. The Morgan fingerprint density at radius 2 is 1.72 bits per heavy atom. The molecular formula is C24H36O5. The van der Waals surface area contributed by atoms with Crippen LogP contribution in [0, 0.1) is 22.7 Å². The number of esters is 2. The van der Waals surface area contributed by atoms with Crippen molar-refractivity contribution >= 4 is 11.9 Å². The van der Waals surface area contributed by atoms with Gasteiger partial charge in [0.25, 0.3) is 0 Å². The Labute approximate surface area is 174 Å². The number of hydrogen-bond donors (Lipinski definition) is 1. The fourth-order valence-electron chi connectivity index (χ4n) is 6.58. The van der Waals surface area contributed by atoms with E-state index in [1.807, 2.05) is 0 Å². The third-order valence-electron chi connectivity index (χ3n) is 7.79. The SMILES string of the molecule is C=C1[C@@H](O)CC[C@@]2(C)C[C@H](OC(C)=O)C3=C(C)CC[C@@H]([C@@H](OC(C)=O)[C@H]12)C3(C)C. The van der Waals surface area contributed by atoms with Gasteiger partial charge in [-0.3, -0.25) is 9.59 Å². The van der Waals surface area contributed by atoms with Crippen LogP contribution in [0.2, 0.25) is 0 Å². The van der Waals surface area contributed by atoms with Crippen molar-refractivity contribution in [3.63, 3.8) is 0 Å². The lowest BCUT2D eigenvalue weighted by Gasteiger charge is -2.57. The standard InChI is InChI=1S/C24H36O5/c1-13-8-9-17-22(29-16(4)26)21-14(2)18(27)10-11-24(21,7)12-19(28-15(3)25)20(13)23(17,5)6/h17-19,21-22,27H,2,8-12H2,1,3-7H3/t17-,18-,19-,21-,22+,24-/m0/s1. The molecule has 0 aromatic carbocycles. The first-order valence-electron chi connectivity index (χ1n) is 10.8. The lowest BCUT2D eigenvalue weighted by Crippen LogP contribution is -2.56. The molecule has 1 N–H and O–H groups in total. The van der Waals surface area contributed by atoms with E-state index in [2.05, 4.69) is 34.3 Å². The molecule has 0 spiro atoms. The van der Waals surface area contributed by atoms with Gasteiger partial charge in [0.15, 0.2) is 0 Å². The average Bonchev–Trinajstić information content (AvgIpc) is 2.56. The van der Waals surface area contributed by atoms with Crippen LogP contribution in [0.15, 0.2) is 23.3 Å². The van der Waals surface area contributed by atoms with Gasteiger partial charge in [-0.2, -0.15) is 0 Å². The van der Waals surface area contributed by atoms with Crippen LogP contribution in [-0.2, 0) is 19.1 Å². The second-order valence-corrected chi connectivity index (χ2v) is 10.2. The van der Waals surface area contributed by atoms with Crippen molar-refractivity contribution in [3.8, 4) is 0 Å². The molecule has 2 bridgehead atoms. The highest BCUT2D eigenvalue weighted by Gasteiger charge is 2.57. The minimum atomic E-state index is -0.596. The van der Waals surface area contributed by atoms with Crippen LogP contribution < -0.4 is 0 Å². The zero-order chi connectivity index (χ0) is 21.7. The lowest BCUT2D eigenvalue weighted by molar-refractivity contribution is -0.168. The Morgan fingerprint density at radius 3 is 2.31 bits per heavy atom. The first-order chi connectivity index (χ1) is 13.4. The Hall–Kier alpha value is -1.62. The van der Waals surface area contributed by atoms with Crippen molar-refractivity contribution in [2.24, 2.45) is 22.7 Å². The van der Waals surface area contributed by atoms with Crippen molar-refractivity contribution in [1.82, 2.24) is 0 Å². The van der Waals surface area contributed by atoms with E-state index in [0.29, 0.717) is 12.8 Å². The number of carbonyl (C=O) groups is 2. The second-order valence-electron chi connectivity index (χ2n) is 10.2. The maximum Gasteiger partial charge on any atom is 0.303 e. The molecule has 2 fully saturated rings. The molecule has 162 valence electrons. The topological polar surface area (TPSA) is 72.8 Å². The fourth-order valence-corrected chi connectivity index (χ4v) is 6.58. The normalized spacial score (nSPS) is 39.1. The van der Waals surface area contributed by atoms with Gasteiger partial charge in [-0.05, 0) is 61.0 Å². The monoisotopic (exact) mass is 404 g/mol. The van der Waals surface area contributed by atoms with E-state index in [1.165, 1.54) is 25.0 Å². The first-order valence-corrected chi connectivity index (χ1v) is 10.8. The molecule has 5 nitrogen and oxygen atoms in total. The van der Waals surface area contributed by atoms with Crippen LogP contribution in [-0.4, -0.2) is 35.4 Å². The van der Waals surface area contributed by atoms with E-state index in [4.69, 9.17) is 9.47 Å². The molecule has 0 unspecified atom stereocenters. The Bertz CT molecular complexity index is 748. The lowest BCUT2D eigenvalue weighted by atomic mass is 9.50. The van der Waals surface area contributed by atoms with Crippen LogP contribution >= 0.6 is 0 Å². The molecule has 0 aliphatic heterocycles. The number of rotatable bonds is 2. The molecule has 29 heavy (non-hydrogen) atoms. The van der Waals surface area contributed by atoms with E-state index in [0.717, 1.165) is 24.8 Å². The zero-order valence-electron chi connectivity index (χ0n) is 18.7. The molecule has 2 saturated carbocycles. The zero-order valence-corrected chi connectivity index (χ0v) is 18.7. The third kappa shape index (κ3) is 3.78. The summed E-state index contributed by atoms with van der Waals surface area (Å²) >= 11 is 0. The van der Waals surface area contributed by atoms with Gasteiger partial charge in [0.05, 0.1) is 6.10 Å². The van der Waals surface area contributed by atoms with Crippen molar-refractivity contribution < 1.29 is 24.2 Å². The molecule has 0 aromatic heterocycles. The minimum absolute atomic E-state index is 0.0647. The maximum absolute atomic E-state index is 12.1. The minimum Gasteiger partial charge on any atom is -0.462 e. The molecule has 0 saturated heterocycles. The number of hydrogen-bond acceptors (Lipinski definition) is 5. The number of carbonyl (C=O) groups excluding carboxylic acids is 2. The molecule has 3 rings (SSSR count). The maximum atomic E-state index is 12.1. The third-order valence-corrected chi connectivity index (χ3v) is 7.79. The van der Waals surface area contributed by atoms with Crippen LogP contribution in [0.25, 0.3) is 0 Å². The van der Waals surface area contributed by atoms with Gasteiger partial charge in [0.2, 0.25) is 0 Å². The fraction of sp³-hybridized carbons (Fsp3) is 0.750. The van der Waals surface area contributed by atoms with Gasteiger partial charge in [0.1, 0.15) is 12.2 Å². The highest BCUT2D eigenvalue weighted by atomic mass is 16.5. The number of aliphatic hydroxyl groups excluding tert-OH is 1. The molecule has 3 aliphatic carbocycles. The summed E-state index contributed by atoms with van der Waals surface area (Å²) in [5, 5.41) is 10.6. The summed E-state index contributed by atoms with van der Waals surface area (Å²) < 4.78 is 11.9. The number of fused-ring (bicyclic) bond motifs is 3. The molecule has 0 heterocycles. The van der Waals surface area contributed by atoms with Crippen molar-refractivity contribution in [3.05, 3.63) is 23.3 Å². The quantitative estimate of drug-likeness (QED) is 0.547. The largest absolute Gasteiger partial charge is 0.462 e. The highest BCUT2D eigenvalue weighted by Crippen LogP contribution is 2.59. The predicted octanol–water partition coefficient (Wildman–Crippen LogP) is 4.34. The summed E-state index contributed by atoms with van der Waals surface area (Å²) in [4.78, 5) is 24.1. The number of allylic oxidation sites excluding steroid dienone is 1. The Kier molecular flexibility index (Phi) is 5.76. The van der Waals surface area contributed by atoms with Crippen LogP contribution in [0.3, 0.4) is 0 Å². The summed E-state index contributed by atoms with van der Waals surface area (Å²) in [6.45, 7) is 15.8. The summed E-state index contributed by atoms with van der Waals surface area (Å²) in [5.74, 6) is -0.682. The van der Waals surface area contributed by atoms with Gasteiger partial charge < -0.3 is 14.6 Å². The molecule has 6 atom stereocenters. The van der Waals surface area contributed by atoms with Gasteiger partial charge in [-0.15, -0.1) is 0 Å². The van der Waals surface area contributed by atoms with Gasteiger partial charge >= 0.3 is 11.9 Å². The predicted molar refractivity (Wildman–Crippen MR) is 111 cm³/mol. The van der Waals surface area contributed by atoms with Crippen LogP contribution in [0.5, 0.6) is 0 Å². The summed E-state index contributed by atoms with van der Waals surface area (Å²) in [5.41, 5.74) is 2.62. The van der Waals surface area contributed by atoms with E-state index in [9.17, 15) is 14.7 Å². The molecule has 0 amide bonds. The van der Waals surface area contributed by atoms with Crippen molar-refractivity contribution in [2.45, 2.75) is 92.0 Å². The van der Waals surface area contributed by atoms with Gasteiger partial charge in [-0.25, -0.2) is 0 Å². The van der Waals surface area contributed by atoms with E-state index < -0.39 is 6.10 Å². The summed E-state index contributed by atoms with van der Waals surface area (Å²) in [7, 11) is 0. The van der Waals surface area contributed by atoms with E-state index >= 15 is 0 Å². The van der Waals surface area contributed by atoms with Crippen LogP contribution in [0.4, 0.5) is 0 Å². The average molecular weight is 405 g/mol. The van der Waals surface area contributed by atoms with E-state index in [1.54, 1.807) is 0 Å². The van der Waals surface area contributed by atoms with Crippen molar-refractivity contribution in [1.29, 1.82) is 0 Å². The Balaban J connectivity index is 2.21. The number of aliphatic hydroxyl groups is 1. The molecule has 3 aliphatic rings. The summed E-state index contributed by atoms with van der Waals surface area (Å²) in [6.07, 6.45) is 2.56. The molecular weight excluding hydrogens is 368 g/mol. The van der Waals surface area contributed by atoms with Gasteiger partial charge in [0, 0.05) is 25.7 Å². The Morgan fingerprint density at radius 1 is 1.10 bits per heavy atom. The first kappa shape index (κ1) is 22.1. The van der Waals surface area contributed by atoms with Crippen molar-refractivity contribution in [2.75, 3.05) is 0 Å².